The van der Waals surface area contributed by atoms with Gasteiger partial charge >= 0.3 is 0 Å². The Kier molecular flexibility index (Phi) is 3.06. The molecule has 6 nitrogen and oxygen atoms in total. The number of nitrogens with zero attached hydrogens (tertiary/aromatic N) is 4. The minimum Gasteiger partial charge on any atom is -0.360 e. The molecule has 3 rings (SSSR count). The summed E-state index contributed by atoms with van der Waals surface area (Å²) in [6, 6.07) is 5.94. The van der Waals surface area contributed by atoms with E-state index in [4.69, 9.17) is 4.52 Å². The molecule has 0 amide bonds. The molecule has 3 aromatic rings. The van der Waals surface area contributed by atoms with Crippen LogP contribution >= 0.6 is 0 Å². The Labute approximate surface area is 116 Å². The molecule has 0 radical (unpaired) electrons. The van der Waals surface area contributed by atoms with E-state index in [0.717, 1.165) is 22.3 Å². The smallest absolute Gasteiger partial charge is 0.223 e. The van der Waals surface area contributed by atoms with Crippen molar-refractivity contribution in [2.75, 3.05) is 5.32 Å². The first-order valence-electron chi connectivity index (χ1n) is 6.42. The molecule has 0 fully saturated rings. The first-order valence-corrected chi connectivity index (χ1v) is 6.42. The van der Waals surface area contributed by atoms with Crippen LogP contribution in [0.4, 0.5) is 5.82 Å². The fraction of sp³-hybridized carbons (Fsp3) is 0.286. The molecule has 0 saturated carbocycles. The number of aromatic nitrogens is 4. The highest BCUT2D eigenvalue weighted by molar-refractivity contribution is 5.90. The van der Waals surface area contributed by atoms with E-state index in [1.807, 2.05) is 32.0 Å². The van der Waals surface area contributed by atoms with Crippen LogP contribution in [0.2, 0.25) is 0 Å². The highest BCUT2D eigenvalue weighted by Crippen LogP contribution is 2.24. The van der Waals surface area contributed by atoms with E-state index in [9.17, 15) is 0 Å². The zero-order valence-corrected chi connectivity index (χ0v) is 11.6. The Hall–Kier alpha value is -2.50. The summed E-state index contributed by atoms with van der Waals surface area (Å²) < 4.78 is 5.00. The summed E-state index contributed by atoms with van der Waals surface area (Å²) in [5.74, 6) is 1.94. The van der Waals surface area contributed by atoms with Crippen LogP contribution in [0.5, 0.6) is 0 Å². The van der Waals surface area contributed by atoms with Crippen molar-refractivity contribution in [2.24, 2.45) is 0 Å². The lowest BCUT2D eigenvalue weighted by Crippen LogP contribution is -2.10. The maximum absolute atomic E-state index is 5.00. The SMILES string of the molecule is Cc1nc([C@H](C)Nc2ncnc3c(C)cccc23)no1. The van der Waals surface area contributed by atoms with Gasteiger partial charge in [-0.05, 0) is 25.5 Å². The second-order valence-corrected chi connectivity index (χ2v) is 4.73. The molecule has 2 aromatic heterocycles. The van der Waals surface area contributed by atoms with Gasteiger partial charge in [-0.2, -0.15) is 4.98 Å². The highest BCUT2D eigenvalue weighted by atomic mass is 16.5. The van der Waals surface area contributed by atoms with E-state index in [0.29, 0.717) is 11.7 Å². The van der Waals surface area contributed by atoms with E-state index >= 15 is 0 Å². The monoisotopic (exact) mass is 269 g/mol. The fourth-order valence-electron chi connectivity index (χ4n) is 2.11. The topological polar surface area (TPSA) is 76.7 Å². The van der Waals surface area contributed by atoms with Crippen LogP contribution in [-0.2, 0) is 0 Å². The molecule has 0 bridgehead atoms. The molecule has 0 aliphatic rings. The third kappa shape index (κ3) is 2.20. The first-order chi connectivity index (χ1) is 9.65. The molecule has 20 heavy (non-hydrogen) atoms. The minimum atomic E-state index is -0.0916. The lowest BCUT2D eigenvalue weighted by molar-refractivity contribution is 0.385. The number of rotatable bonds is 3. The summed E-state index contributed by atoms with van der Waals surface area (Å²) in [6.45, 7) is 5.77. The summed E-state index contributed by atoms with van der Waals surface area (Å²) in [5.41, 5.74) is 2.07. The molecule has 1 aromatic carbocycles. The summed E-state index contributed by atoms with van der Waals surface area (Å²) >= 11 is 0. The quantitative estimate of drug-likeness (QED) is 0.787. The molecule has 0 aliphatic heterocycles. The van der Waals surface area contributed by atoms with Crippen LogP contribution < -0.4 is 5.32 Å². The summed E-state index contributed by atoms with van der Waals surface area (Å²) in [5, 5.41) is 8.21. The Morgan fingerprint density at radius 2 is 2.05 bits per heavy atom. The van der Waals surface area contributed by atoms with Gasteiger partial charge in [0, 0.05) is 12.3 Å². The van der Waals surface area contributed by atoms with Crippen molar-refractivity contribution in [3.8, 4) is 0 Å². The van der Waals surface area contributed by atoms with Crippen molar-refractivity contribution in [1.82, 2.24) is 20.1 Å². The summed E-state index contributed by atoms with van der Waals surface area (Å²) in [6.07, 6.45) is 1.56. The number of anilines is 1. The van der Waals surface area contributed by atoms with Gasteiger partial charge < -0.3 is 9.84 Å². The summed E-state index contributed by atoms with van der Waals surface area (Å²) in [7, 11) is 0. The van der Waals surface area contributed by atoms with Gasteiger partial charge in [0.1, 0.15) is 12.1 Å². The third-order valence-electron chi connectivity index (χ3n) is 3.15. The molecule has 2 heterocycles. The van der Waals surface area contributed by atoms with E-state index in [2.05, 4.69) is 25.4 Å². The van der Waals surface area contributed by atoms with Crippen LogP contribution in [0.25, 0.3) is 10.9 Å². The normalized spacial score (nSPS) is 12.6. The Bertz CT molecular complexity index is 752. The van der Waals surface area contributed by atoms with E-state index in [1.54, 1.807) is 13.3 Å². The van der Waals surface area contributed by atoms with Gasteiger partial charge in [-0.3, -0.25) is 0 Å². The minimum absolute atomic E-state index is 0.0916. The van der Waals surface area contributed by atoms with E-state index in [1.165, 1.54) is 0 Å². The van der Waals surface area contributed by atoms with Crippen molar-refractivity contribution in [1.29, 1.82) is 0 Å². The van der Waals surface area contributed by atoms with Crippen LogP contribution in [0.3, 0.4) is 0 Å². The highest BCUT2D eigenvalue weighted by Gasteiger charge is 2.14. The van der Waals surface area contributed by atoms with Gasteiger partial charge in [-0.25, -0.2) is 9.97 Å². The average molecular weight is 269 g/mol. The van der Waals surface area contributed by atoms with Crippen molar-refractivity contribution in [3.63, 3.8) is 0 Å². The van der Waals surface area contributed by atoms with Crippen LogP contribution in [0.15, 0.2) is 29.0 Å². The molecule has 0 spiro atoms. The molecule has 0 saturated heterocycles. The van der Waals surface area contributed by atoms with Crippen LogP contribution in [0.1, 0.15) is 30.2 Å². The number of fused-ring (bicyclic) bond motifs is 1. The average Bonchev–Trinajstić information content (AvgIpc) is 2.87. The third-order valence-corrected chi connectivity index (χ3v) is 3.15. The maximum Gasteiger partial charge on any atom is 0.223 e. The molecule has 0 aliphatic carbocycles. The first kappa shape index (κ1) is 12.5. The van der Waals surface area contributed by atoms with Gasteiger partial charge in [0.05, 0.1) is 11.6 Å². The standard InChI is InChI=1S/C14H15N5O/c1-8-5-4-6-11-12(8)15-7-16-14(11)17-9(2)13-18-10(3)20-19-13/h4-7,9H,1-3H3,(H,15,16,17)/t9-/m0/s1. The van der Waals surface area contributed by atoms with Gasteiger partial charge in [0.2, 0.25) is 5.89 Å². The predicted octanol–water partition coefficient (Wildman–Crippen LogP) is 2.80. The van der Waals surface area contributed by atoms with Gasteiger partial charge in [-0.15, -0.1) is 0 Å². The van der Waals surface area contributed by atoms with Crippen molar-refractivity contribution < 1.29 is 4.52 Å². The largest absolute Gasteiger partial charge is 0.360 e. The molecule has 6 heteroatoms. The fourth-order valence-corrected chi connectivity index (χ4v) is 2.11. The van der Waals surface area contributed by atoms with Gasteiger partial charge in [-0.1, -0.05) is 17.3 Å². The second kappa shape index (κ2) is 4.88. The molecular weight excluding hydrogens is 254 g/mol. The Morgan fingerprint density at radius 1 is 1.20 bits per heavy atom. The second-order valence-electron chi connectivity index (χ2n) is 4.73. The summed E-state index contributed by atoms with van der Waals surface area (Å²) in [4.78, 5) is 12.9. The maximum atomic E-state index is 5.00. The Balaban J connectivity index is 1.97. The number of para-hydroxylation sites is 1. The van der Waals surface area contributed by atoms with E-state index in [-0.39, 0.29) is 6.04 Å². The molecule has 0 unspecified atom stereocenters. The van der Waals surface area contributed by atoms with E-state index < -0.39 is 0 Å². The number of hydrogen-bond acceptors (Lipinski definition) is 6. The van der Waals surface area contributed by atoms with Crippen molar-refractivity contribution in [3.05, 3.63) is 41.8 Å². The van der Waals surface area contributed by atoms with Crippen LogP contribution in [0, 0.1) is 13.8 Å². The number of nitrogens with one attached hydrogen (secondary N) is 1. The molecule has 1 N–H and O–H groups in total. The lowest BCUT2D eigenvalue weighted by Gasteiger charge is -2.12. The van der Waals surface area contributed by atoms with Gasteiger partial charge in [0.15, 0.2) is 5.82 Å². The van der Waals surface area contributed by atoms with Crippen LogP contribution in [-0.4, -0.2) is 20.1 Å². The number of aryl methyl sites for hydroxylation is 2. The zero-order chi connectivity index (χ0) is 14.1. The number of benzene rings is 1. The molecule has 1 atom stereocenters. The zero-order valence-electron chi connectivity index (χ0n) is 11.6. The number of hydrogen-bond donors (Lipinski definition) is 1. The van der Waals surface area contributed by atoms with Gasteiger partial charge in [0.25, 0.3) is 0 Å². The molecule has 102 valence electrons. The lowest BCUT2D eigenvalue weighted by atomic mass is 10.1. The van der Waals surface area contributed by atoms with Crippen molar-refractivity contribution >= 4 is 16.7 Å². The Morgan fingerprint density at radius 3 is 2.80 bits per heavy atom. The van der Waals surface area contributed by atoms with Crippen molar-refractivity contribution in [2.45, 2.75) is 26.8 Å². The molecular formula is C14H15N5O. The predicted molar refractivity (Wildman–Crippen MR) is 75.3 cm³/mol.